The van der Waals surface area contributed by atoms with Crippen LogP contribution in [0.1, 0.15) is 40.0 Å². The van der Waals surface area contributed by atoms with Crippen LogP contribution in [-0.2, 0) is 4.74 Å². The molecule has 0 saturated carbocycles. The third kappa shape index (κ3) is 4.84. The van der Waals surface area contributed by atoms with Gasteiger partial charge in [-0.15, -0.1) is 0 Å². The number of rotatable bonds is 6. The zero-order valence-corrected chi connectivity index (χ0v) is 21.0. The Kier molecular flexibility index (Phi) is 6.76. The molecule has 190 valence electrons. The van der Waals surface area contributed by atoms with Crippen LogP contribution >= 0.6 is 0 Å². The minimum absolute atomic E-state index is 0.0527. The molecule has 0 radical (unpaired) electrons. The first kappa shape index (κ1) is 24.6. The highest BCUT2D eigenvalue weighted by molar-refractivity contribution is 5.85. The van der Waals surface area contributed by atoms with Gasteiger partial charge in [0.15, 0.2) is 5.43 Å². The molecule has 0 bridgehead atoms. The van der Waals surface area contributed by atoms with E-state index in [-0.39, 0.29) is 17.0 Å². The number of hydrogen-bond donors (Lipinski definition) is 1. The van der Waals surface area contributed by atoms with Gasteiger partial charge in [0.05, 0.1) is 41.6 Å². The number of benzene rings is 2. The number of pyridine rings is 1. The summed E-state index contributed by atoms with van der Waals surface area (Å²) >= 11 is 0. The van der Waals surface area contributed by atoms with Gasteiger partial charge in [0.2, 0.25) is 5.88 Å². The van der Waals surface area contributed by atoms with Crippen LogP contribution in [0.15, 0.2) is 57.9 Å². The molecule has 8 heteroatoms. The van der Waals surface area contributed by atoms with Crippen molar-refractivity contribution in [2.24, 2.45) is 0 Å². The van der Waals surface area contributed by atoms with Crippen LogP contribution in [0.25, 0.3) is 22.2 Å². The fraction of sp³-hybridized carbons (Fsp3) is 0.276. The minimum Gasteiger partial charge on any atom is -0.440 e. The van der Waals surface area contributed by atoms with Crippen molar-refractivity contribution in [2.75, 3.05) is 36.5 Å². The largest absolute Gasteiger partial charge is 0.440 e. The van der Waals surface area contributed by atoms with Gasteiger partial charge in [0, 0.05) is 36.0 Å². The summed E-state index contributed by atoms with van der Waals surface area (Å²) in [6.07, 6.45) is 2.23. The van der Waals surface area contributed by atoms with E-state index in [0.29, 0.717) is 72.0 Å². The fourth-order valence-electron chi connectivity index (χ4n) is 4.83. The molecule has 0 spiro atoms. The molecule has 7 nitrogen and oxygen atoms in total. The molecule has 4 aromatic rings. The van der Waals surface area contributed by atoms with Gasteiger partial charge >= 0.3 is 0 Å². The average molecular weight is 502 g/mol. The molecule has 1 unspecified atom stereocenters. The lowest BCUT2D eigenvalue weighted by Crippen LogP contribution is -2.37. The first-order chi connectivity index (χ1) is 17.9. The second kappa shape index (κ2) is 10.1. The van der Waals surface area contributed by atoms with Crippen LogP contribution in [0.4, 0.5) is 16.0 Å². The lowest BCUT2D eigenvalue weighted by atomic mass is 9.99. The van der Waals surface area contributed by atoms with E-state index in [2.05, 4.69) is 15.2 Å². The number of halogens is 1. The normalized spacial score (nSPS) is 14.5. The number of hydrogen-bond acceptors (Lipinski definition) is 7. The number of morpholine rings is 1. The molecule has 0 aliphatic carbocycles. The van der Waals surface area contributed by atoms with Gasteiger partial charge < -0.3 is 19.4 Å². The molecule has 3 heterocycles. The first-order valence-electron chi connectivity index (χ1n) is 12.2. The molecule has 1 fully saturated rings. The lowest BCUT2D eigenvalue weighted by Gasteiger charge is -2.29. The zero-order valence-electron chi connectivity index (χ0n) is 21.0. The second-order valence-electron chi connectivity index (χ2n) is 9.35. The monoisotopic (exact) mass is 501 g/mol. The number of ether oxygens (including phenoxy) is 1. The molecule has 0 amide bonds. The SMILES string of the molecule is Cc1cc(C(C)Nc2cccnc2-c2cc(F)cc(C=O)c2)c2oc(N3CCOCC3)c(C)c(=O)c2c1. The number of carbonyl (C=O) groups excluding carboxylic acids is 1. The van der Waals surface area contributed by atoms with Crippen molar-refractivity contribution in [3.63, 3.8) is 0 Å². The lowest BCUT2D eigenvalue weighted by molar-refractivity contribution is 0.112. The summed E-state index contributed by atoms with van der Waals surface area (Å²) in [5, 5.41) is 4.00. The summed E-state index contributed by atoms with van der Waals surface area (Å²) in [5.74, 6) is 0.0584. The van der Waals surface area contributed by atoms with Crippen LogP contribution in [-0.4, -0.2) is 37.6 Å². The highest BCUT2D eigenvalue weighted by Crippen LogP contribution is 2.34. The van der Waals surface area contributed by atoms with E-state index in [1.807, 2.05) is 32.0 Å². The molecule has 37 heavy (non-hydrogen) atoms. The van der Waals surface area contributed by atoms with Crippen molar-refractivity contribution < 1.29 is 18.3 Å². The Hall–Kier alpha value is -4.04. The summed E-state index contributed by atoms with van der Waals surface area (Å²) in [6.45, 7) is 8.18. The summed E-state index contributed by atoms with van der Waals surface area (Å²) in [5.41, 5.74) is 4.72. The third-order valence-electron chi connectivity index (χ3n) is 6.64. The van der Waals surface area contributed by atoms with Crippen LogP contribution in [0.2, 0.25) is 0 Å². The Morgan fingerprint density at radius 3 is 2.68 bits per heavy atom. The maximum absolute atomic E-state index is 14.2. The Balaban J connectivity index is 1.59. The quantitative estimate of drug-likeness (QED) is 0.353. The number of fused-ring (bicyclic) bond motifs is 1. The number of aromatic nitrogens is 1. The van der Waals surface area contributed by atoms with Gasteiger partial charge in [0.1, 0.15) is 17.7 Å². The van der Waals surface area contributed by atoms with Gasteiger partial charge in [-0.1, -0.05) is 6.07 Å². The van der Waals surface area contributed by atoms with E-state index >= 15 is 0 Å². The van der Waals surface area contributed by atoms with E-state index in [4.69, 9.17) is 9.15 Å². The summed E-state index contributed by atoms with van der Waals surface area (Å²) in [4.78, 5) is 31.2. The molecule has 1 aliphatic rings. The highest BCUT2D eigenvalue weighted by Gasteiger charge is 2.23. The summed E-state index contributed by atoms with van der Waals surface area (Å²) in [6, 6.07) is 11.4. The summed E-state index contributed by atoms with van der Waals surface area (Å²) in [7, 11) is 0. The van der Waals surface area contributed by atoms with Crippen LogP contribution < -0.4 is 15.6 Å². The van der Waals surface area contributed by atoms with Crippen molar-refractivity contribution in [3.8, 4) is 11.3 Å². The number of nitrogens with zero attached hydrogens (tertiary/aromatic N) is 2. The molecule has 1 atom stereocenters. The number of aryl methyl sites for hydroxylation is 1. The Labute approximate surface area is 213 Å². The van der Waals surface area contributed by atoms with E-state index < -0.39 is 5.82 Å². The number of anilines is 2. The first-order valence-corrected chi connectivity index (χ1v) is 12.2. The molecule has 2 aromatic carbocycles. The van der Waals surface area contributed by atoms with Crippen molar-refractivity contribution in [2.45, 2.75) is 26.8 Å². The minimum atomic E-state index is -0.512. The third-order valence-corrected chi connectivity index (χ3v) is 6.64. The van der Waals surface area contributed by atoms with E-state index in [9.17, 15) is 14.0 Å². The van der Waals surface area contributed by atoms with Gasteiger partial charge in [-0.05, 0) is 62.7 Å². The molecule has 5 rings (SSSR count). The van der Waals surface area contributed by atoms with Crippen molar-refractivity contribution in [3.05, 3.63) is 87.0 Å². The second-order valence-corrected chi connectivity index (χ2v) is 9.35. The molecular weight excluding hydrogens is 473 g/mol. The topological polar surface area (TPSA) is 84.7 Å². The zero-order chi connectivity index (χ0) is 26.1. The summed E-state index contributed by atoms with van der Waals surface area (Å²) < 4.78 is 26.1. The van der Waals surface area contributed by atoms with Crippen molar-refractivity contribution >= 4 is 28.8 Å². The molecule has 1 N–H and O–H groups in total. The maximum Gasteiger partial charge on any atom is 0.203 e. The average Bonchev–Trinajstić information content (AvgIpc) is 2.91. The van der Waals surface area contributed by atoms with Gasteiger partial charge in [-0.25, -0.2) is 4.39 Å². The van der Waals surface area contributed by atoms with Crippen molar-refractivity contribution in [1.29, 1.82) is 0 Å². The van der Waals surface area contributed by atoms with E-state index in [1.165, 1.54) is 12.1 Å². The van der Waals surface area contributed by atoms with Gasteiger partial charge in [0.25, 0.3) is 0 Å². The maximum atomic E-state index is 14.2. The predicted octanol–water partition coefficient (Wildman–Crippen LogP) is 5.43. The molecule has 2 aromatic heterocycles. The van der Waals surface area contributed by atoms with E-state index in [0.717, 1.165) is 11.1 Å². The number of aldehydes is 1. The fourth-order valence-corrected chi connectivity index (χ4v) is 4.83. The van der Waals surface area contributed by atoms with Crippen LogP contribution in [0.5, 0.6) is 0 Å². The molecule has 1 aliphatic heterocycles. The standard InChI is InChI=1S/C29H28FN3O4/c1-17-11-23(28-24(12-17)27(35)18(2)29(37-28)33-7-9-36-10-8-33)19(3)32-25-5-4-6-31-26(25)21-13-20(16-34)14-22(30)15-21/h4-6,11-16,19,32H,7-10H2,1-3H3. The highest BCUT2D eigenvalue weighted by atomic mass is 19.1. The van der Waals surface area contributed by atoms with Crippen LogP contribution in [0, 0.1) is 19.7 Å². The van der Waals surface area contributed by atoms with Crippen LogP contribution in [0.3, 0.4) is 0 Å². The Morgan fingerprint density at radius 1 is 1.14 bits per heavy atom. The molecule has 1 saturated heterocycles. The number of carbonyl (C=O) groups is 1. The van der Waals surface area contributed by atoms with Crippen molar-refractivity contribution in [1.82, 2.24) is 4.98 Å². The Bertz CT molecular complexity index is 1540. The predicted molar refractivity (Wildman–Crippen MR) is 142 cm³/mol. The van der Waals surface area contributed by atoms with Gasteiger partial charge in [-0.3, -0.25) is 14.6 Å². The Morgan fingerprint density at radius 2 is 1.92 bits per heavy atom. The van der Waals surface area contributed by atoms with Gasteiger partial charge in [-0.2, -0.15) is 0 Å². The smallest absolute Gasteiger partial charge is 0.203 e. The van der Waals surface area contributed by atoms with E-state index in [1.54, 1.807) is 25.3 Å². The molecular formula is C29H28FN3O4. The number of nitrogens with one attached hydrogen (secondary N) is 1.